The number of carbonyl (C=O) groups excluding carboxylic acids is 2. The topological polar surface area (TPSA) is 52.6 Å². The molecule has 0 heterocycles. The third kappa shape index (κ3) is 2.64. The average Bonchev–Trinajstić information content (AvgIpc) is 3.09. The van der Waals surface area contributed by atoms with E-state index in [0.29, 0.717) is 11.1 Å². The molecule has 3 aliphatic carbocycles. The van der Waals surface area contributed by atoms with Crippen LogP contribution in [0.5, 0.6) is 0 Å². The molecule has 3 unspecified atom stereocenters. The van der Waals surface area contributed by atoms with E-state index in [2.05, 4.69) is 63.2 Å². The van der Waals surface area contributed by atoms with Crippen LogP contribution < -0.4 is 0 Å². The van der Waals surface area contributed by atoms with Crippen molar-refractivity contribution in [3.05, 3.63) is 143 Å². The molecule has 0 radical (unpaired) electrons. The molecule has 0 N–H and O–H groups in total. The van der Waals surface area contributed by atoms with Gasteiger partial charge in [-0.1, -0.05) is 106 Å². The Morgan fingerprint density at radius 1 is 0.590 bits per heavy atom. The number of ether oxygens (including phenoxy) is 2. The number of esters is 2. The SMILES string of the molecule is CC(C)C12c3ccccc3[C@@]13c1ccccc1[C@@]3(C)C(OC(=O)c1ccccc1)C2OC(=O)c1ccccc1. The van der Waals surface area contributed by atoms with Crippen molar-refractivity contribution in [1.82, 2.24) is 0 Å². The van der Waals surface area contributed by atoms with Gasteiger partial charge in [0, 0.05) is 10.8 Å². The van der Waals surface area contributed by atoms with E-state index in [1.54, 1.807) is 24.3 Å². The van der Waals surface area contributed by atoms with Crippen LogP contribution in [0.4, 0.5) is 0 Å². The molecule has 1 spiro atoms. The first kappa shape index (κ1) is 23.9. The Morgan fingerprint density at radius 3 is 1.51 bits per heavy atom. The van der Waals surface area contributed by atoms with Crippen molar-refractivity contribution < 1.29 is 19.1 Å². The standard InChI is InChI=1S/C35H30O4/c1-22(2)34-26-19-11-13-21-28(26)35(34)27-20-12-10-18-25(27)33(35,3)29(38-31(36)23-14-6-4-7-15-23)30(34)39-32(37)24-16-8-5-9-17-24/h4-22,29-30H,1-3H3/t29?,30?,33-,34?,35+/m0/s1. The second-order valence-electron chi connectivity index (χ2n) is 11.5. The van der Waals surface area contributed by atoms with Gasteiger partial charge in [-0.2, -0.15) is 0 Å². The maximum absolute atomic E-state index is 13.7. The van der Waals surface area contributed by atoms with Gasteiger partial charge in [-0.05, 0) is 52.4 Å². The fourth-order valence-corrected chi connectivity index (χ4v) is 8.49. The van der Waals surface area contributed by atoms with Crippen molar-refractivity contribution >= 4 is 11.9 Å². The number of rotatable bonds is 5. The molecule has 4 aromatic carbocycles. The summed E-state index contributed by atoms with van der Waals surface area (Å²) >= 11 is 0. The second kappa shape index (κ2) is 8.16. The van der Waals surface area contributed by atoms with Gasteiger partial charge in [-0.3, -0.25) is 0 Å². The third-order valence-corrected chi connectivity index (χ3v) is 9.76. The zero-order valence-corrected chi connectivity index (χ0v) is 22.3. The zero-order valence-electron chi connectivity index (χ0n) is 22.3. The van der Waals surface area contributed by atoms with Gasteiger partial charge in [0.25, 0.3) is 0 Å². The molecule has 3 aliphatic rings. The number of hydrogen-bond donors (Lipinski definition) is 0. The normalized spacial score (nSPS) is 29.1. The lowest BCUT2D eigenvalue weighted by Crippen LogP contribution is -2.72. The summed E-state index contributed by atoms with van der Waals surface area (Å²) in [5.41, 5.74) is 4.13. The number of benzene rings is 4. The second-order valence-corrected chi connectivity index (χ2v) is 11.5. The van der Waals surface area contributed by atoms with Crippen molar-refractivity contribution in [1.29, 1.82) is 0 Å². The molecule has 4 nitrogen and oxygen atoms in total. The van der Waals surface area contributed by atoms with Crippen LogP contribution in [0.25, 0.3) is 0 Å². The van der Waals surface area contributed by atoms with Gasteiger partial charge in [0.05, 0.1) is 16.5 Å². The molecule has 0 bridgehead atoms. The first-order valence-electron chi connectivity index (χ1n) is 13.6. The van der Waals surface area contributed by atoms with Crippen LogP contribution in [0.2, 0.25) is 0 Å². The van der Waals surface area contributed by atoms with E-state index in [9.17, 15) is 9.59 Å². The molecular formula is C35H30O4. The van der Waals surface area contributed by atoms with Crippen molar-refractivity contribution in [2.75, 3.05) is 0 Å². The molecule has 0 amide bonds. The van der Waals surface area contributed by atoms with Gasteiger partial charge in [-0.25, -0.2) is 9.59 Å². The lowest BCUT2D eigenvalue weighted by Gasteiger charge is -2.70. The Hall–Kier alpha value is -4.18. The Balaban J connectivity index is 1.46. The molecular weight excluding hydrogens is 484 g/mol. The van der Waals surface area contributed by atoms with Crippen molar-refractivity contribution in [3.8, 4) is 0 Å². The quantitative estimate of drug-likeness (QED) is 0.281. The van der Waals surface area contributed by atoms with E-state index in [1.807, 2.05) is 42.5 Å². The monoisotopic (exact) mass is 514 g/mol. The highest BCUT2D eigenvalue weighted by Gasteiger charge is 2.89. The van der Waals surface area contributed by atoms with Gasteiger partial charge >= 0.3 is 11.9 Å². The van der Waals surface area contributed by atoms with Crippen LogP contribution in [-0.4, -0.2) is 24.1 Å². The third-order valence-electron chi connectivity index (χ3n) is 9.76. The van der Waals surface area contributed by atoms with E-state index in [-0.39, 0.29) is 5.92 Å². The lowest BCUT2D eigenvalue weighted by molar-refractivity contribution is -0.0596. The summed E-state index contributed by atoms with van der Waals surface area (Å²) in [6.07, 6.45) is -1.38. The summed E-state index contributed by atoms with van der Waals surface area (Å²) in [4.78, 5) is 27.3. The molecule has 0 aliphatic heterocycles. The van der Waals surface area contributed by atoms with Crippen LogP contribution in [0.3, 0.4) is 0 Å². The van der Waals surface area contributed by atoms with Crippen molar-refractivity contribution in [3.63, 3.8) is 0 Å². The first-order chi connectivity index (χ1) is 18.9. The van der Waals surface area contributed by atoms with Crippen molar-refractivity contribution in [2.24, 2.45) is 5.92 Å². The fraction of sp³-hybridized carbons (Fsp3) is 0.257. The Morgan fingerprint density at radius 2 is 1.00 bits per heavy atom. The Labute approximate surface area is 228 Å². The summed E-state index contributed by atoms with van der Waals surface area (Å²) in [6, 6.07) is 35.1. The summed E-state index contributed by atoms with van der Waals surface area (Å²) in [5, 5.41) is 0. The molecule has 4 heteroatoms. The summed E-state index contributed by atoms with van der Waals surface area (Å²) in [6.45, 7) is 6.59. The highest BCUT2D eigenvalue weighted by atomic mass is 16.6. The summed E-state index contributed by atoms with van der Waals surface area (Å²) < 4.78 is 13.1. The van der Waals surface area contributed by atoms with E-state index in [0.717, 1.165) is 5.56 Å². The summed E-state index contributed by atoms with van der Waals surface area (Å²) in [5.74, 6) is -0.727. The molecule has 1 saturated carbocycles. The van der Waals surface area contributed by atoms with Crippen molar-refractivity contribution in [2.45, 2.75) is 49.2 Å². The van der Waals surface area contributed by atoms with Gasteiger partial charge in [0.1, 0.15) is 0 Å². The maximum atomic E-state index is 13.7. The van der Waals surface area contributed by atoms with Gasteiger partial charge in [0.15, 0.2) is 12.2 Å². The Bertz CT molecular complexity index is 1610. The maximum Gasteiger partial charge on any atom is 0.338 e. The van der Waals surface area contributed by atoms with Crippen LogP contribution in [-0.2, 0) is 25.7 Å². The minimum absolute atomic E-state index is 0.0917. The van der Waals surface area contributed by atoms with E-state index >= 15 is 0 Å². The smallest absolute Gasteiger partial charge is 0.338 e. The largest absolute Gasteiger partial charge is 0.454 e. The molecule has 4 aromatic rings. The lowest BCUT2D eigenvalue weighted by atomic mass is 9.31. The number of hydrogen-bond acceptors (Lipinski definition) is 4. The highest BCUT2D eigenvalue weighted by Crippen LogP contribution is 2.82. The molecule has 0 saturated heterocycles. The van der Waals surface area contributed by atoms with Crippen LogP contribution >= 0.6 is 0 Å². The molecule has 39 heavy (non-hydrogen) atoms. The van der Waals surface area contributed by atoms with Crippen LogP contribution in [0.1, 0.15) is 63.7 Å². The van der Waals surface area contributed by atoms with Gasteiger partial charge < -0.3 is 9.47 Å². The summed E-state index contributed by atoms with van der Waals surface area (Å²) in [7, 11) is 0. The predicted molar refractivity (Wildman–Crippen MR) is 149 cm³/mol. The van der Waals surface area contributed by atoms with Gasteiger partial charge in [-0.15, -0.1) is 0 Å². The molecule has 5 atom stereocenters. The van der Waals surface area contributed by atoms with Gasteiger partial charge in [0.2, 0.25) is 0 Å². The minimum Gasteiger partial charge on any atom is -0.454 e. The zero-order chi connectivity index (χ0) is 27.0. The van der Waals surface area contributed by atoms with E-state index in [4.69, 9.17) is 9.47 Å². The fourth-order valence-electron chi connectivity index (χ4n) is 8.49. The average molecular weight is 515 g/mol. The predicted octanol–water partition coefficient (Wildman–Crippen LogP) is 6.62. The molecule has 0 aromatic heterocycles. The Kier molecular flexibility index (Phi) is 5.00. The van der Waals surface area contributed by atoms with E-state index < -0.39 is 40.4 Å². The first-order valence-corrected chi connectivity index (χ1v) is 13.6. The minimum atomic E-state index is -0.692. The molecule has 194 valence electrons. The highest BCUT2D eigenvalue weighted by molar-refractivity contribution is 5.92. The van der Waals surface area contributed by atoms with Crippen LogP contribution in [0.15, 0.2) is 109 Å². The van der Waals surface area contributed by atoms with Crippen LogP contribution in [0, 0.1) is 5.92 Å². The molecule has 7 rings (SSSR count). The molecule has 1 fully saturated rings. The van der Waals surface area contributed by atoms with E-state index in [1.165, 1.54) is 16.7 Å². The number of carbonyl (C=O) groups is 2. The number of fused-ring (bicyclic) bond motifs is 4.